The van der Waals surface area contributed by atoms with Gasteiger partial charge in [-0.15, -0.1) is 0 Å². The Bertz CT molecular complexity index is 918. The molecule has 0 aliphatic rings. The fourth-order valence-electron chi connectivity index (χ4n) is 2.27. The number of benzene rings is 1. The summed E-state index contributed by atoms with van der Waals surface area (Å²) in [7, 11) is 0. The number of H-pyrrole nitrogens is 1. The highest BCUT2D eigenvalue weighted by molar-refractivity contribution is 5.83. The Morgan fingerprint density at radius 2 is 2.04 bits per heavy atom. The van der Waals surface area contributed by atoms with E-state index in [1.54, 1.807) is 6.07 Å². The molecule has 0 saturated carbocycles. The third-order valence-corrected chi connectivity index (χ3v) is 3.50. The molecule has 0 unspecified atom stereocenters. The van der Waals surface area contributed by atoms with Crippen molar-refractivity contribution < 1.29 is 4.79 Å². The molecule has 0 spiro atoms. The molecule has 3 N–H and O–H groups in total. The predicted octanol–water partition coefficient (Wildman–Crippen LogP) is 1.37. The van der Waals surface area contributed by atoms with Crippen molar-refractivity contribution in [1.29, 1.82) is 0 Å². The van der Waals surface area contributed by atoms with Crippen molar-refractivity contribution in [3.63, 3.8) is 0 Å². The molecule has 1 aromatic carbocycles. The summed E-state index contributed by atoms with van der Waals surface area (Å²) in [5.74, 6) is 0.00893. The van der Waals surface area contributed by atoms with Gasteiger partial charge in [0.15, 0.2) is 5.65 Å². The first-order valence-corrected chi connectivity index (χ1v) is 7.00. The molecule has 0 bridgehead atoms. The monoisotopic (exact) mass is 309 g/mol. The zero-order valence-corrected chi connectivity index (χ0v) is 12.5. The lowest BCUT2D eigenvalue weighted by atomic mass is 10.1. The van der Waals surface area contributed by atoms with Crippen LogP contribution in [0.4, 0.5) is 11.6 Å². The molecule has 0 saturated heterocycles. The van der Waals surface area contributed by atoms with Crippen LogP contribution in [0.5, 0.6) is 0 Å². The molecule has 0 aliphatic carbocycles. The van der Waals surface area contributed by atoms with Crippen molar-refractivity contribution in [3.8, 4) is 0 Å². The first kappa shape index (κ1) is 14.7. The average molecular weight is 309 g/mol. The van der Waals surface area contributed by atoms with Gasteiger partial charge in [-0.2, -0.15) is 4.98 Å². The summed E-state index contributed by atoms with van der Waals surface area (Å²) in [5, 5.41) is 0.285. The third-order valence-electron chi connectivity index (χ3n) is 3.50. The molecule has 0 fully saturated rings. The van der Waals surface area contributed by atoms with E-state index in [1.165, 1.54) is 11.1 Å². The predicted molar refractivity (Wildman–Crippen MR) is 88.0 cm³/mol. The first-order valence-electron chi connectivity index (χ1n) is 7.00. The van der Waals surface area contributed by atoms with E-state index in [-0.39, 0.29) is 22.5 Å². The Kier molecular flexibility index (Phi) is 3.76. The van der Waals surface area contributed by atoms with Gasteiger partial charge in [0, 0.05) is 0 Å². The number of amides is 1. The third kappa shape index (κ3) is 3.03. The summed E-state index contributed by atoms with van der Waals surface area (Å²) in [4.78, 5) is 35.3. The Labute approximate surface area is 131 Å². The van der Waals surface area contributed by atoms with Crippen LogP contribution in [0.15, 0.2) is 41.3 Å². The summed E-state index contributed by atoms with van der Waals surface area (Å²) in [5.41, 5.74) is 7.99. The smallest absolute Gasteiger partial charge is 0.261 e. The normalized spacial score (nSPS) is 10.7. The summed E-state index contributed by atoms with van der Waals surface area (Å²) in [6, 6.07) is 9.45. The number of aromatic amines is 1. The maximum absolute atomic E-state index is 11.9. The second-order valence-electron chi connectivity index (χ2n) is 5.23. The molecule has 7 nitrogen and oxygen atoms in total. The molecule has 0 atom stereocenters. The van der Waals surface area contributed by atoms with Crippen molar-refractivity contribution in [1.82, 2.24) is 15.0 Å². The summed E-state index contributed by atoms with van der Waals surface area (Å²) in [6.07, 6.45) is 2.21. The van der Waals surface area contributed by atoms with Gasteiger partial charge in [0.25, 0.3) is 5.56 Å². The van der Waals surface area contributed by atoms with E-state index < -0.39 is 0 Å². The Morgan fingerprint density at radius 3 is 2.74 bits per heavy atom. The van der Waals surface area contributed by atoms with Gasteiger partial charge < -0.3 is 10.6 Å². The van der Waals surface area contributed by atoms with Crippen molar-refractivity contribution in [2.24, 2.45) is 0 Å². The number of carbonyl (C=O) groups excluding carboxylic acids is 1. The van der Waals surface area contributed by atoms with Crippen molar-refractivity contribution >= 4 is 29.1 Å². The number of nitrogens with zero attached hydrogens (tertiary/aromatic N) is 3. The lowest BCUT2D eigenvalue weighted by Gasteiger charge is -2.17. The van der Waals surface area contributed by atoms with Gasteiger partial charge >= 0.3 is 0 Å². The molecule has 7 heteroatoms. The highest BCUT2D eigenvalue weighted by atomic mass is 16.1. The zero-order chi connectivity index (χ0) is 16.4. The lowest BCUT2D eigenvalue weighted by Crippen LogP contribution is -2.21. The van der Waals surface area contributed by atoms with Crippen LogP contribution in [0, 0.1) is 6.92 Å². The lowest BCUT2D eigenvalue weighted by molar-refractivity contribution is -0.107. The van der Waals surface area contributed by atoms with Crippen LogP contribution in [0.3, 0.4) is 0 Å². The van der Waals surface area contributed by atoms with Crippen LogP contribution in [0.25, 0.3) is 11.0 Å². The van der Waals surface area contributed by atoms with Gasteiger partial charge in [-0.05, 0) is 18.6 Å². The van der Waals surface area contributed by atoms with Gasteiger partial charge in [-0.3, -0.25) is 14.6 Å². The van der Waals surface area contributed by atoms with E-state index in [2.05, 4.69) is 15.0 Å². The minimum absolute atomic E-state index is 0.00893. The van der Waals surface area contributed by atoms with E-state index in [4.69, 9.17) is 5.73 Å². The first-order chi connectivity index (χ1) is 11.1. The molecule has 1 amide bonds. The number of fused-ring (bicyclic) bond motifs is 1. The number of hydrogen-bond donors (Lipinski definition) is 2. The molecule has 0 aliphatic heterocycles. The number of hydrogen-bond acceptors (Lipinski definition) is 5. The van der Waals surface area contributed by atoms with Crippen LogP contribution in [0.1, 0.15) is 11.1 Å². The molecule has 2 heterocycles. The van der Waals surface area contributed by atoms with Crippen LogP contribution in [-0.4, -0.2) is 21.4 Å². The number of aryl methyl sites for hydroxylation is 1. The molecular formula is C16H15N5O2. The fourth-order valence-corrected chi connectivity index (χ4v) is 2.27. The fraction of sp³-hybridized carbons (Fsp3) is 0.125. The largest absolute Gasteiger partial charge is 0.369 e. The highest BCUT2D eigenvalue weighted by Crippen LogP contribution is 2.18. The standard InChI is InChI=1S/C16H15N5O2/c1-10-2-4-11(5-3-10)8-21(9-22)12-6-13-14(18-7-12)19-16(17)20-15(13)23/h2-7,9H,8H2,1H3,(H3,17,18,19,20,23). The van der Waals surface area contributed by atoms with Gasteiger partial charge in [-0.1, -0.05) is 29.8 Å². The number of carbonyl (C=O) groups is 1. The van der Waals surface area contributed by atoms with Crippen LogP contribution in [-0.2, 0) is 11.3 Å². The van der Waals surface area contributed by atoms with Crippen molar-refractivity contribution in [2.75, 3.05) is 10.6 Å². The van der Waals surface area contributed by atoms with Crippen LogP contribution in [0.2, 0.25) is 0 Å². The summed E-state index contributed by atoms with van der Waals surface area (Å²) in [6.45, 7) is 2.39. The molecule has 2 aromatic heterocycles. The topological polar surface area (TPSA) is 105 Å². The van der Waals surface area contributed by atoms with Gasteiger partial charge in [0.05, 0.1) is 23.8 Å². The van der Waals surface area contributed by atoms with E-state index in [1.807, 2.05) is 31.2 Å². The van der Waals surface area contributed by atoms with Gasteiger partial charge in [0.2, 0.25) is 12.4 Å². The number of rotatable bonds is 4. The number of nitrogens with two attached hydrogens (primary N) is 1. The Balaban J connectivity index is 1.98. The molecule has 3 aromatic rings. The maximum atomic E-state index is 11.9. The minimum atomic E-state index is -0.386. The molecule has 3 rings (SSSR count). The van der Waals surface area contributed by atoms with E-state index >= 15 is 0 Å². The highest BCUT2D eigenvalue weighted by Gasteiger charge is 2.10. The van der Waals surface area contributed by atoms with E-state index in [0.29, 0.717) is 18.6 Å². The minimum Gasteiger partial charge on any atom is -0.369 e. The molecule has 23 heavy (non-hydrogen) atoms. The molecular weight excluding hydrogens is 294 g/mol. The van der Waals surface area contributed by atoms with Crippen molar-refractivity contribution in [2.45, 2.75) is 13.5 Å². The van der Waals surface area contributed by atoms with Crippen LogP contribution < -0.4 is 16.2 Å². The SMILES string of the molecule is Cc1ccc(CN(C=O)c2cnc3nc(N)[nH]c(=O)c3c2)cc1. The summed E-state index contributed by atoms with van der Waals surface area (Å²) < 4.78 is 0. The summed E-state index contributed by atoms with van der Waals surface area (Å²) >= 11 is 0. The van der Waals surface area contributed by atoms with Crippen LogP contribution >= 0.6 is 0 Å². The number of nitrogen functional groups attached to an aromatic ring is 1. The molecule has 0 radical (unpaired) electrons. The zero-order valence-electron chi connectivity index (χ0n) is 12.5. The number of nitrogens with one attached hydrogen (secondary N) is 1. The average Bonchev–Trinajstić information content (AvgIpc) is 2.54. The second-order valence-corrected chi connectivity index (χ2v) is 5.23. The van der Waals surface area contributed by atoms with E-state index in [0.717, 1.165) is 11.1 Å². The second kappa shape index (κ2) is 5.88. The Morgan fingerprint density at radius 1 is 1.30 bits per heavy atom. The van der Waals surface area contributed by atoms with Crippen molar-refractivity contribution in [3.05, 3.63) is 58.0 Å². The van der Waals surface area contributed by atoms with E-state index in [9.17, 15) is 9.59 Å². The number of aromatic nitrogens is 3. The Hall–Kier alpha value is -3.22. The quantitative estimate of drug-likeness (QED) is 0.708. The number of pyridine rings is 1. The van der Waals surface area contributed by atoms with Gasteiger partial charge in [-0.25, -0.2) is 4.98 Å². The van der Waals surface area contributed by atoms with Gasteiger partial charge in [0.1, 0.15) is 0 Å². The maximum Gasteiger partial charge on any atom is 0.261 e. The molecule has 116 valence electrons. The number of anilines is 2.